The number of rotatable bonds is 4. The van der Waals surface area contributed by atoms with Crippen molar-refractivity contribution in [1.82, 2.24) is 5.32 Å². The van der Waals surface area contributed by atoms with Gasteiger partial charge < -0.3 is 21.1 Å². The van der Waals surface area contributed by atoms with Crippen LogP contribution < -0.4 is 21.1 Å². The lowest BCUT2D eigenvalue weighted by Gasteiger charge is -2.21. The van der Waals surface area contributed by atoms with E-state index < -0.39 is 0 Å². The third-order valence-electron chi connectivity index (χ3n) is 3.50. The van der Waals surface area contributed by atoms with Crippen LogP contribution in [0.5, 0.6) is 5.75 Å². The normalized spacial score (nSPS) is 12.2. The van der Waals surface area contributed by atoms with Gasteiger partial charge in [0, 0.05) is 13.1 Å². The Balaban J connectivity index is 0.00000144. The quantitative estimate of drug-likeness (QED) is 0.762. The number of hydrogen-bond donors (Lipinski definition) is 3. The molecule has 0 fully saturated rings. The van der Waals surface area contributed by atoms with Gasteiger partial charge in [0.25, 0.3) is 0 Å². The second-order valence-corrected chi connectivity index (χ2v) is 5.26. The summed E-state index contributed by atoms with van der Waals surface area (Å²) in [5, 5.41) is 6.41. The smallest absolute Gasteiger partial charge is 0.150 e. The summed E-state index contributed by atoms with van der Waals surface area (Å²) in [7, 11) is 0. The van der Waals surface area contributed by atoms with Gasteiger partial charge in [-0.25, -0.2) is 4.39 Å². The zero-order valence-corrected chi connectivity index (χ0v) is 14.8. The number of allylic oxidation sites excluding steroid dienone is 1. The van der Waals surface area contributed by atoms with Crippen molar-refractivity contribution in [2.24, 2.45) is 5.73 Å². The molecule has 2 aromatic carbocycles. The number of ether oxygens (including phenoxy) is 1. The number of fused-ring (bicyclic) bond motifs is 1. The minimum Gasteiger partial charge on any atom is -0.456 e. The van der Waals surface area contributed by atoms with Gasteiger partial charge in [-0.1, -0.05) is 18.2 Å². The minimum atomic E-state index is -0.216. The van der Waals surface area contributed by atoms with Crippen LogP contribution in [0.3, 0.4) is 0 Å². The molecule has 0 saturated heterocycles. The molecular formula is C17H20Cl2FN3O. The van der Waals surface area contributed by atoms with Crippen molar-refractivity contribution in [3.63, 3.8) is 0 Å². The van der Waals surface area contributed by atoms with Gasteiger partial charge in [0.15, 0.2) is 5.75 Å². The summed E-state index contributed by atoms with van der Waals surface area (Å²) in [5.74, 6) is 1.74. The highest BCUT2D eigenvalue weighted by Gasteiger charge is 2.14. The standard InChI is InChI=1S/C17H18FN3O.2ClH/c1-11-17(19)21-15-8-13(5-6-16(15)22-11)10-20-9-12-3-2-4-14(18)7-12;;/h2-8,20-21H,9-10,19H2,1H3;2*1H. The van der Waals surface area contributed by atoms with E-state index in [1.807, 2.05) is 31.2 Å². The molecule has 7 heteroatoms. The van der Waals surface area contributed by atoms with E-state index >= 15 is 0 Å². The lowest BCUT2D eigenvalue weighted by molar-refractivity contribution is 0.415. The monoisotopic (exact) mass is 371 g/mol. The first-order valence-corrected chi connectivity index (χ1v) is 7.11. The topological polar surface area (TPSA) is 59.3 Å². The molecule has 130 valence electrons. The van der Waals surface area contributed by atoms with Crippen molar-refractivity contribution in [3.05, 3.63) is 71.0 Å². The van der Waals surface area contributed by atoms with Crippen LogP contribution in [0.25, 0.3) is 0 Å². The largest absolute Gasteiger partial charge is 0.456 e. The maximum atomic E-state index is 13.1. The fourth-order valence-electron chi connectivity index (χ4n) is 2.32. The maximum absolute atomic E-state index is 13.1. The van der Waals surface area contributed by atoms with Gasteiger partial charge in [0.1, 0.15) is 17.4 Å². The second-order valence-electron chi connectivity index (χ2n) is 5.26. The SMILES string of the molecule is CC1=C(N)Nc2cc(CNCc3cccc(F)c3)ccc2O1.Cl.Cl. The molecule has 0 amide bonds. The summed E-state index contributed by atoms with van der Waals surface area (Å²) < 4.78 is 18.7. The molecule has 3 rings (SSSR count). The van der Waals surface area contributed by atoms with Crippen molar-refractivity contribution in [2.75, 3.05) is 5.32 Å². The number of hydrogen-bond acceptors (Lipinski definition) is 4. The molecule has 0 saturated carbocycles. The van der Waals surface area contributed by atoms with Gasteiger partial charge in [0.05, 0.1) is 5.69 Å². The van der Waals surface area contributed by atoms with Crippen LogP contribution in [0.15, 0.2) is 54.0 Å². The first-order chi connectivity index (χ1) is 10.6. The number of benzene rings is 2. The Labute approximate surface area is 153 Å². The number of nitrogens with one attached hydrogen (secondary N) is 2. The summed E-state index contributed by atoms with van der Waals surface area (Å²) in [5.41, 5.74) is 8.70. The first kappa shape index (κ1) is 20.1. The van der Waals surface area contributed by atoms with Crippen LogP contribution in [0, 0.1) is 5.82 Å². The van der Waals surface area contributed by atoms with Crippen molar-refractivity contribution in [3.8, 4) is 5.75 Å². The number of nitrogens with two attached hydrogens (primary N) is 1. The van der Waals surface area contributed by atoms with Gasteiger partial charge in [-0.3, -0.25) is 0 Å². The molecule has 1 aliphatic rings. The first-order valence-electron chi connectivity index (χ1n) is 7.11. The number of halogens is 3. The van der Waals surface area contributed by atoms with Gasteiger partial charge in [-0.15, -0.1) is 24.8 Å². The molecular weight excluding hydrogens is 352 g/mol. The molecule has 2 aromatic rings. The lowest BCUT2D eigenvalue weighted by atomic mass is 10.1. The Morgan fingerprint density at radius 1 is 1.08 bits per heavy atom. The van der Waals surface area contributed by atoms with E-state index in [0.717, 1.165) is 22.6 Å². The minimum absolute atomic E-state index is 0. The zero-order valence-electron chi connectivity index (χ0n) is 13.1. The fraction of sp³-hybridized carbons (Fsp3) is 0.176. The van der Waals surface area contributed by atoms with Crippen molar-refractivity contribution >= 4 is 30.5 Å². The molecule has 24 heavy (non-hydrogen) atoms. The summed E-state index contributed by atoms with van der Waals surface area (Å²) in [6, 6.07) is 12.5. The molecule has 0 atom stereocenters. The average Bonchev–Trinajstić information content (AvgIpc) is 2.49. The predicted molar refractivity (Wildman–Crippen MR) is 99.0 cm³/mol. The predicted octanol–water partition coefficient (Wildman–Crippen LogP) is 3.91. The van der Waals surface area contributed by atoms with Crippen LogP contribution in [0.1, 0.15) is 18.1 Å². The highest BCUT2D eigenvalue weighted by molar-refractivity contribution is 5.85. The summed E-state index contributed by atoms with van der Waals surface area (Å²) in [4.78, 5) is 0. The highest BCUT2D eigenvalue weighted by Crippen LogP contribution is 2.31. The molecule has 0 unspecified atom stereocenters. The Hall–Kier alpha value is -1.95. The summed E-state index contributed by atoms with van der Waals surface area (Å²) in [6.07, 6.45) is 0. The Morgan fingerprint density at radius 3 is 2.50 bits per heavy atom. The van der Waals surface area contributed by atoms with Gasteiger partial charge in [0.2, 0.25) is 0 Å². The molecule has 0 spiro atoms. The van der Waals surface area contributed by atoms with E-state index in [9.17, 15) is 4.39 Å². The van der Waals surface area contributed by atoms with Gasteiger partial charge in [-0.05, 0) is 42.3 Å². The van der Waals surface area contributed by atoms with Gasteiger partial charge in [-0.2, -0.15) is 0 Å². The molecule has 0 aliphatic carbocycles. The summed E-state index contributed by atoms with van der Waals surface area (Å²) in [6.45, 7) is 3.10. The second kappa shape index (κ2) is 8.78. The maximum Gasteiger partial charge on any atom is 0.150 e. The number of anilines is 1. The third-order valence-corrected chi connectivity index (χ3v) is 3.50. The molecule has 1 aliphatic heterocycles. The van der Waals surface area contributed by atoms with Crippen molar-refractivity contribution in [1.29, 1.82) is 0 Å². The molecule has 1 heterocycles. The Bertz CT molecular complexity index is 738. The molecule has 4 nitrogen and oxygen atoms in total. The lowest BCUT2D eigenvalue weighted by Crippen LogP contribution is -2.19. The van der Waals surface area contributed by atoms with E-state index in [-0.39, 0.29) is 30.6 Å². The molecule has 0 radical (unpaired) electrons. The zero-order chi connectivity index (χ0) is 15.5. The summed E-state index contributed by atoms with van der Waals surface area (Å²) >= 11 is 0. The van der Waals surface area contributed by atoms with Crippen LogP contribution in [-0.4, -0.2) is 0 Å². The Kier molecular flexibility index (Phi) is 7.35. The van der Waals surface area contributed by atoms with Crippen LogP contribution in [0.4, 0.5) is 10.1 Å². The van der Waals surface area contributed by atoms with Crippen LogP contribution in [0.2, 0.25) is 0 Å². The van der Waals surface area contributed by atoms with E-state index in [0.29, 0.717) is 24.7 Å². The molecule has 4 N–H and O–H groups in total. The van der Waals surface area contributed by atoms with E-state index in [1.165, 1.54) is 12.1 Å². The van der Waals surface area contributed by atoms with E-state index in [1.54, 1.807) is 6.07 Å². The van der Waals surface area contributed by atoms with Gasteiger partial charge >= 0.3 is 0 Å². The molecule has 0 bridgehead atoms. The van der Waals surface area contributed by atoms with Crippen molar-refractivity contribution < 1.29 is 9.13 Å². The fourth-order valence-corrected chi connectivity index (χ4v) is 2.32. The third kappa shape index (κ3) is 4.77. The van der Waals surface area contributed by atoms with E-state index in [4.69, 9.17) is 10.5 Å². The highest BCUT2D eigenvalue weighted by atomic mass is 35.5. The van der Waals surface area contributed by atoms with Crippen LogP contribution >= 0.6 is 24.8 Å². The van der Waals surface area contributed by atoms with Crippen LogP contribution in [-0.2, 0) is 13.1 Å². The van der Waals surface area contributed by atoms with Crippen molar-refractivity contribution in [2.45, 2.75) is 20.0 Å². The van der Waals surface area contributed by atoms with E-state index in [2.05, 4.69) is 10.6 Å². The average molecular weight is 372 g/mol. The Morgan fingerprint density at radius 2 is 1.79 bits per heavy atom. The molecule has 0 aromatic heterocycles.